The van der Waals surface area contributed by atoms with E-state index in [4.69, 9.17) is 10.5 Å². The normalized spacial score (nSPS) is 10.9. The van der Waals surface area contributed by atoms with Crippen molar-refractivity contribution in [1.29, 1.82) is 0 Å². The van der Waals surface area contributed by atoms with Gasteiger partial charge in [0.2, 0.25) is 5.91 Å². The van der Waals surface area contributed by atoms with Crippen LogP contribution >= 0.6 is 23.1 Å². The number of benzene rings is 1. The van der Waals surface area contributed by atoms with Crippen LogP contribution in [0, 0.1) is 6.92 Å². The van der Waals surface area contributed by atoms with Gasteiger partial charge in [-0.1, -0.05) is 11.8 Å². The Balaban J connectivity index is 2.07. The SMILES string of the molecule is COc1ccc(-c2nnc(SCC(N)=O)c3nc(C)sc23)cc1. The van der Waals surface area contributed by atoms with Crippen molar-refractivity contribution in [3.63, 3.8) is 0 Å². The fourth-order valence-corrected chi connectivity index (χ4v) is 3.75. The molecule has 0 bridgehead atoms. The number of primary amides is 1. The molecule has 2 N–H and O–H groups in total. The molecule has 0 saturated carbocycles. The molecule has 2 heterocycles. The number of nitrogens with zero attached hydrogens (tertiary/aromatic N) is 3. The van der Waals surface area contributed by atoms with E-state index >= 15 is 0 Å². The van der Waals surface area contributed by atoms with Crippen LogP contribution in [0.5, 0.6) is 5.75 Å². The largest absolute Gasteiger partial charge is 0.497 e. The van der Waals surface area contributed by atoms with E-state index in [1.807, 2.05) is 31.2 Å². The molecule has 0 aliphatic heterocycles. The van der Waals surface area contributed by atoms with Crippen LogP contribution in [0.2, 0.25) is 0 Å². The highest BCUT2D eigenvalue weighted by Crippen LogP contribution is 2.35. The topological polar surface area (TPSA) is 91.0 Å². The van der Waals surface area contributed by atoms with Crippen molar-refractivity contribution in [2.24, 2.45) is 5.73 Å². The summed E-state index contributed by atoms with van der Waals surface area (Å²) in [5.74, 6) is 0.547. The summed E-state index contributed by atoms with van der Waals surface area (Å²) < 4.78 is 6.13. The number of ether oxygens (including phenoxy) is 1. The molecule has 0 saturated heterocycles. The van der Waals surface area contributed by atoms with Gasteiger partial charge in [-0.15, -0.1) is 21.5 Å². The maximum absolute atomic E-state index is 11.0. The molecule has 1 aromatic carbocycles. The molecular formula is C15H14N4O2S2. The molecule has 0 radical (unpaired) electrons. The standard InChI is InChI=1S/C15H14N4O2S2/c1-8-17-13-14(23-8)12(9-3-5-10(21-2)6-4-9)18-19-15(13)22-7-11(16)20/h3-6H,7H2,1-2H3,(H2,16,20). The first kappa shape index (κ1) is 15.7. The van der Waals surface area contributed by atoms with Gasteiger partial charge < -0.3 is 10.5 Å². The molecule has 6 nitrogen and oxygen atoms in total. The molecule has 1 amide bonds. The molecule has 8 heteroatoms. The maximum atomic E-state index is 11.0. The Kier molecular flexibility index (Phi) is 4.44. The molecular weight excluding hydrogens is 332 g/mol. The first-order valence-electron chi connectivity index (χ1n) is 6.78. The number of rotatable bonds is 5. The van der Waals surface area contributed by atoms with Crippen molar-refractivity contribution in [2.45, 2.75) is 11.9 Å². The van der Waals surface area contributed by atoms with Crippen LogP contribution in [0.4, 0.5) is 0 Å². The summed E-state index contributed by atoms with van der Waals surface area (Å²) in [6.45, 7) is 1.94. The molecule has 0 aliphatic carbocycles. The lowest BCUT2D eigenvalue weighted by Gasteiger charge is -2.05. The third-order valence-electron chi connectivity index (χ3n) is 3.11. The highest BCUT2D eigenvalue weighted by molar-refractivity contribution is 8.00. The summed E-state index contributed by atoms with van der Waals surface area (Å²) in [6, 6.07) is 7.64. The number of thioether (sulfide) groups is 1. The molecule has 0 fully saturated rings. The van der Waals surface area contributed by atoms with E-state index in [-0.39, 0.29) is 5.75 Å². The lowest BCUT2D eigenvalue weighted by molar-refractivity contribution is -0.115. The zero-order valence-corrected chi connectivity index (χ0v) is 14.2. The third kappa shape index (κ3) is 3.27. The van der Waals surface area contributed by atoms with Gasteiger partial charge >= 0.3 is 0 Å². The molecule has 0 spiro atoms. The van der Waals surface area contributed by atoms with Gasteiger partial charge in [0.1, 0.15) is 22.0 Å². The Hall–Kier alpha value is -2.19. The smallest absolute Gasteiger partial charge is 0.227 e. The van der Waals surface area contributed by atoms with Crippen molar-refractivity contribution >= 4 is 39.2 Å². The molecule has 23 heavy (non-hydrogen) atoms. The van der Waals surface area contributed by atoms with E-state index in [1.165, 1.54) is 11.8 Å². The summed E-state index contributed by atoms with van der Waals surface area (Å²) in [6.07, 6.45) is 0. The van der Waals surface area contributed by atoms with Gasteiger partial charge in [0.15, 0.2) is 0 Å². The monoisotopic (exact) mass is 346 g/mol. The summed E-state index contributed by atoms with van der Waals surface area (Å²) in [5, 5.41) is 10.1. The number of aromatic nitrogens is 3. The van der Waals surface area contributed by atoms with E-state index in [1.54, 1.807) is 18.4 Å². The highest BCUT2D eigenvalue weighted by Gasteiger charge is 2.16. The van der Waals surface area contributed by atoms with E-state index in [0.29, 0.717) is 5.03 Å². The Bertz CT molecular complexity index is 862. The molecule has 3 rings (SSSR count). The van der Waals surface area contributed by atoms with E-state index < -0.39 is 5.91 Å². The zero-order chi connectivity index (χ0) is 16.4. The number of fused-ring (bicyclic) bond motifs is 1. The second kappa shape index (κ2) is 6.51. The average molecular weight is 346 g/mol. The summed E-state index contributed by atoms with van der Waals surface area (Å²) in [4.78, 5) is 15.5. The number of nitrogens with two attached hydrogens (primary N) is 1. The van der Waals surface area contributed by atoms with Gasteiger partial charge in [-0.2, -0.15) is 0 Å². The number of carbonyl (C=O) groups is 1. The van der Waals surface area contributed by atoms with Gasteiger partial charge in [-0.3, -0.25) is 4.79 Å². The van der Waals surface area contributed by atoms with Crippen LogP contribution < -0.4 is 10.5 Å². The Morgan fingerprint density at radius 3 is 2.70 bits per heavy atom. The second-order valence-electron chi connectivity index (χ2n) is 4.75. The number of hydrogen-bond acceptors (Lipinski definition) is 7. The van der Waals surface area contributed by atoms with Crippen LogP contribution in [-0.2, 0) is 4.79 Å². The number of aryl methyl sites for hydroxylation is 1. The molecule has 0 unspecified atom stereocenters. The number of thiazole rings is 1. The number of carbonyl (C=O) groups excluding carboxylic acids is 1. The first-order chi connectivity index (χ1) is 11.1. The molecule has 2 aromatic heterocycles. The van der Waals surface area contributed by atoms with Crippen LogP contribution in [-0.4, -0.2) is 34.0 Å². The summed E-state index contributed by atoms with van der Waals surface area (Å²) >= 11 is 2.81. The third-order valence-corrected chi connectivity index (χ3v) is 5.06. The second-order valence-corrected chi connectivity index (χ2v) is 6.92. The van der Waals surface area contributed by atoms with Crippen molar-refractivity contribution in [2.75, 3.05) is 12.9 Å². The van der Waals surface area contributed by atoms with Crippen LogP contribution in [0.25, 0.3) is 21.5 Å². The molecule has 3 aromatic rings. The number of methoxy groups -OCH3 is 1. The Morgan fingerprint density at radius 1 is 1.30 bits per heavy atom. The highest BCUT2D eigenvalue weighted by atomic mass is 32.2. The Labute approximate surface area is 141 Å². The predicted molar refractivity (Wildman–Crippen MR) is 91.9 cm³/mol. The van der Waals surface area contributed by atoms with Crippen molar-refractivity contribution in [3.8, 4) is 17.0 Å². The van der Waals surface area contributed by atoms with Crippen molar-refractivity contribution < 1.29 is 9.53 Å². The van der Waals surface area contributed by atoms with E-state index in [0.717, 1.165) is 32.2 Å². The number of hydrogen-bond donors (Lipinski definition) is 1. The molecule has 118 valence electrons. The number of amides is 1. The average Bonchev–Trinajstić information content (AvgIpc) is 2.94. The van der Waals surface area contributed by atoms with Crippen molar-refractivity contribution in [1.82, 2.24) is 15.2 Å². The maximum Gasteiger partial charge on any atom is 0.227 e. The predicted octanol–water partition coefficient (Wildman–Crippen LogP) is 2.65. The molecule has 0 atom stereocenters. The van der Waals surface area contributed by atoms with Crippen LogP contribution in [0.3, 0.4) is 0 Å². The minimum Gasteiger partial charge on any atom is -0.497 e. The minimum absolute atomic E-state index is 0.155. The van der Waals surface area contributed by atoms with Gasteiger partial charge in [0, 0.05) is 5.56 Å². The van der Waals surface area contributed by atoms with Crippen LogP contribution in [0.1, 0.15) is 5.01 Å². The zero-order valence-electron chi connectivity index (χ0n) is 12.6. The van der Waals surface area contributed by atoms with Crippen molar-refractivity contribution in [3.05, 3.63) is 29.3 Å². The van der Waals surface area contributed by atoms with E-state index in [9.17, 15) is 4.79 Å². The fourth-order valence-electron chi connectivity index (χ4n) is 2.10. The van der Waals surface area contributed by atoms with E-state index in [2.05, 4.69) is 15.2 Å². The van der Waals surface area contributed by atoms with Crippen LogP contribution in [0.15, 0.2) is 29.3 Å². The van der Waals surface area contributed by atoms with Gasteiger partial charge in [0.05, 0.1) is 22.6 Å². The lowest BCUT2D eigenvalue weighted by Crippen LogP contribution is -2.13. The summed E-state index contributed by atoms with van der Waals surface area (Å²) in [7, 11) is 1.63. The van der Waals surface area contributed by atoms with Gasteiger partial charge in [-0.05, 0) is 31.2 Å². The summed E-state index contributed by atoms with van der Waals surface area (Å²) in [5.41, 5.74) is 7.68. The minimum atomic E-state index is -0.392. The van der Waals surface area contributed by atoms with Gasteiger partial charge in [0.25, 0.3) is 0 Å². The first-order valence-corrected chi connectivity index (χ1v) is 8.58. The fraction of sp³-hybridized carbons (Fsp3) is 0.200. The lowest BCUT2D eigenvalue weighted by atomic mass is 10.1. The van der Waals surface area contributed by atoms with Gasteiger partial charge in [-0.25, -0.2) is 4.98 Å². The quantitative estimate of drug-likeness (QED) is 0.714. The molecule has 0 aliphatic rings. The Morgan fingerprint density at radius 2 is 2.04 bits per heavy atom.